The highest BCUT2D eigenvalue weighted by atomic mass is 79.9. The molecule has 2 rings (SSSR count). The van der Waals surface area contributed by atoms with E-state index in [4.69, 9.17) is 9.78 Å². The number of anilines is 1. The second kappa shape index (κ2) is 6.75. The summed E-state index contributed by atoms with van der Waals surface area (Å²) >= 11 is 3.32. The number of hydrogen-bond acceptors (Lipinski definition) is 6. The molecule has 0 unspecified atom stereocenters. The number of rotatable bonds is 4. The molecule has 2 aromatic rings. The molecule has 0 bridgehead atoms. The normalized spacial score (nSPS) is 11.9. The minimum absolute atomic E-state index is 0.0628. The largest absolute Gasteiger partial charge is 0.360 e. The molecule has 0 atom stereocenters. The van der Waals surface area contributed by atoms with Crippen LogP contribution in [0.4, 0.5) is 5.69 Å². The molecule has 23 heavy (non-hydrogen) atoms. The molecular formula is C16H15BrN4O2. The number of hydrogen-bond donors (Lipinski definition) is 1. The summed E-state index contributed by atoms with van der Waals surface area (Å²) in [4.78, 5) is 12.3. The summed E-state index contributed by atoms with van der Waals surface area (Å²) in [5.74, 6) is -0.0182. The van der Waals surface area contributed by atoms with Gasteiger partial charge in [0.15, 0.2) is 5.69 Å². The van der Waals surface area contributed by atoms with Crippen molar-refractivity contribution in [1.82, 2.24) is 5.16 Å². The number of nitriles is 1. The van der Waals surface area contributed by atoms with Crippen LogP contribution in [0.15, 0.2) is 44.4 Å². The number of halogens is 1. The van der Waals surface area contributed by atoms with Crippen molar-refractivity contribution in [3.05, 3.63) is 46.3 Å². The number of benzene rings is 1. The minimum Gasteiger partial charge on any atom is -0.360 e. The smallest absolute Gasteiger partial charge is 0.245 e. The van der Waals surface area contributed by atoms with E-state index in [1.807, 2.05) is 32.9 Å². The summed E-state index contributed by atoms with van der Waals surface area (Å²) in [7, 11) is 0. The van der Waals surface area contributed by atoms with E-state index in [1.54, 1.807) is 18.2 Å². The molecule has 0 aliphatic heterocycles. The molecule has 0 aliphatic carbocycles. The number of nitrogens with one attached hydrogen (secondary N) is 1. The predicted octanol–water partition coefficient (Wildman–Crippen LogP) is 3.91. The third kappa shape index (κ3) is 4.27. The first-order valence-electron chi connectivity index (χ1n) is 6.82. The molecule has 1 aromatic heterocycles. The Balaban J connectivity index is 2.18. The number of ketones is 1. The molecule has 7 heteroatoms. The lowest BCUT2D eigenvalue weighted by molar-refractivity contribution is 0.105. The highest BCUT2D eigenvalue weighted by Gasteiger charge is 2.24. The maximum absolute atomic E-state index is 12.3. The number of carbonyl (C=O) groups is 1. The quantitative estimate of drug-likeness (QED) is 0.497. The van der Waals surface area contributed by atoms with Crippen molar-refractivity contribution >= 4 is 33.1 Å². The number of aromatic nitrogens is 1. The number of hydrazone groups is 1. The van der Waals surface area contributed by atoms with Crippen LogP contribution in [0.1, 0.15) is 37.0 Å². The Morgan fingerprint density at radius 3 is 2.52 bits per heavy atom. The molecule has 0 amide bonds. The fourth-order valence-corrected chi connectivity index (χ4v) is 1.89. The zero-order chi connectivity index (χ0) is 17.0. The Morgan fingerprint density at radius 1 is 1.35 bits per heavy atom. The standard InChI is InChI=1S/C16H15BrN4O2/c1-16(2,3)14-8-12(21-23-14)15(22)13(9-18)20-19-11-6-4-10(17)5-7-11/h4-8,19H,1-3H3. The Bertz CT molecular complexity index is 780. The van der Waals surface area contributed by atoms with Crippen molar-refractivity contribution in [1.29, 1.82) is 5.26 Å². The molecule has 1 N–H and O–H groups in total. The molecule has 1 heterocycles. The average molecular weight is 375 g/mol. The SMILES string of the molecule is CC(C)(C)c1cc(C(=O)C(C#N)=NNc2ccc(Br)cc2)no1. The van der Waals surface area contributed by atoms with E-state index in [0.29, 0.717) is 11.4 Å². The number of Topliss-reactive ketones (excluding diaryl/α,β-unsaturated/α-hetero) is 1. The number of carbonyl (C=O) groups excluding carboxylic acids is 1. The zero-order valence-corrected chi connectivity index (χ0v) is 14.5. The van der Waals surface area contributed by atoms with E-state index in [9.17, 15) is 4.79 Å². The molecular weight excluding hydrogens is 360 g/mol. The first kappa shape index (κ1) is 16.9. The summed E-state index contributed by atoms with van der Waals surface area (Å²) in [6.45, 7) is 5.82. The van der Waals surface area contributed by atoms with E-state index in [2.05, 4.69) is 31.6 Å². The number of nitrogens with zero attached hydrogens (tertiary/aromatic N) is 3. The van der Waals surface area contributed by atoms with Crippen molar-refractivity contribution in [3.63, 3.8) is 0 Å². The van der Waals surface area contributed by atoms with Gasteiger partial charge in [0, 0.05) is 16.0 Å². The maximum atomic E-state index is 12.3. The van der Waals surface area contributed by atoms with Crippen molar-refractivity contribution in [2.45, 2.75) is 26.2 Å². The maximum Gasteiger partial charge on any atom is 0.245 e. The second-order valence-electron chi connectivity index (χ2n) is 5.85. The lowest BCUT2D eigenvalue weighted by Crippen LogP contribution is -2.15. The van der Waals surface area contributed by atoms with Gasteiger partial charge in [0.2, 0.25) is 11.5 Å². The van der Waals surface area contributed by atoms with E-state index in [-0.39, 0.29) is 16.8 Å². The highest BCUT2D eigenvalue weighted by Crippen LogP contribution is 2.23. The third-order valence-electron chi connectivity index (χ3n) is 2.94. The van der Waals surface area contributed by atoms with Gasteiger partial charge in [0.25, 0.3) is 0 Å². The van der Waals surface area contributed by atoms with Crippen LogP contribution in [0.5, 0.6) is 0 Å². The topological polar surface area (TPSA) is 91.3 Å². The lowest BCUT2D eigenvalue weighted by Gasteiger charge is -2.11. The van der Waals surface area contributed by atoms with Crippen LogP contribution in [0.2, 0.25) is 0 Å². The minimum atomic E-state index is -0.587. The predicted molar refractivity (Wildman–Crippen MR) is 90.3 cm³/mol. The van der Waals surface area contributed by atoms with E-state index < -0.39 is 5.78 Å². The monoisotopic (exact) mass is 374 g/mol. The molecule has 0 spiro atoms. The fraction of sp³-hybridized carbons (Fsp3) is 0.250. The molecule has 1 aromatic carbocycles. The molecule has 0 fully saturated rings. The van der Waals surface area contributed by atoms with Crippen molar-refractivity contribution in [3.8, 4) is 6.07 Å². The first-order valence-corrected chi connectivity index (χ1v) is 7.62. The van der Waals surface area contributed by atoms with Gasteiger partial charge in [0.1, 0.15) is 11.8 Å². The Labute approximate surface area is 142 Å². The molecule has 6 nitrogen and oxygen atoms in total. The summed E-state index contributed by atoms with van der Waals surface area (Å²) in [6, 6.07) is 10.5. The average Bonchev–Trinajstić information content (AvgIpc) is 2.99. The van der Waals surface area contributed by atoms with Gasteiger partial charge in [-0.3, -0.25) is 10.2 Å². The van der Waals surface area contributed by atoms with Crippen LogP contribution in [0, 0.1) is 11.3 Å². The van der Waals surface area contributed by atoms with Crippen LogP contribution >= 0.6 is 15.9 Å². The van der Waals surface area contributed by atoms with Crippen molar-refractivity contribution in [2.75, 3.05) is 5.43 Å². The van der Waals surface area contributed by atoms with Crippen LogP contribution in [-0.4, -0.2) is 16.7 Å². The fourth-order valence-electron chi connectivity index (χ4n) is 1.63. The lowest BCUT2D eigenvalue weighted by atomic mass is 9.93. The molecule has 0 saturated heterocycles. The van der Waals surface area contributed by atoms with E-state index in [0.717, 1.165) is 4.47 Å². The van der Waals surface area contributed by atoms with E-state index >= 15 is 0 Å². The molecule has 0 radical (unpaired) electrons. The Morgan fingerprint density at radius 2 is 2.00 bits per heavy atom. The van der Waals surface area contributed by atoms with Gasteiger partial charge < -0.3 is 4.52 Å². The summed E-state index contributed by atoms with van der Waals surface area (Å²) in [6.07, 6.45) is 0. The van der Waals surface area contributed by atoms with Gasteiger partial charge in [-0.15, -0.1) is 0 Å². The summed E-state index contributed by atoms with van der Waals surface area (Å²) in [5.41, 5.74) is 2.83. The highest BCUT2D eigenvalue weighted by molar-refractivity contribution is 9.10. The second-order valence-corrected chi connectivity index (χ2v) is 6.76. The van der Waals surface area contributed by atoms with Gasteiger partial charge in [-0.05, 0) is 24.3 Å². The first-order chi connectivity index (χ1) is 10.8. The van der Waals surface area contributed by atoms with Crippen LogP contribution in [-0.2, 0) is 5.41 Å². The van der Waals surface area contributed by atoms with Gasteiger partial charge in [-0.2, -0.15) is 10.4 Å². The van der Waals surface area contributed by atoms with Gasteiger partial charge in [-0.25, -0.2) is 0 Å². The van der Waals surface area contributed by atoms with Gasteiger partial charge in [-0.1, -0.05) is 41.9 Å². The van der Waals surface area contributed by atoms with E-state index in [1.165, 1.54) is 6.07 Å². The Kier molecular flexibility index (Phi) is 4.96. The van der Waals surface area contributed by atoms with Crippen LogP contribution in [0.25, 0.3) is 0 Å². The van der Waals surface area contributed by atoms with Crippen molar-refractivity contribution < 1.29 is 9.32 Å². The zero-order valence-electron chi connectivity index (χ0n) is 12.9. The summed E-state index contributed by atoms with van der Waals surface area (Å²) in [5, 5.41) is 16.7. The summed E-state index contributed by atoms with van der Waals surface area (Å²) < 4.78 is 6.08. The molecule has 118 valence electrons. The van der Waals surface area contributed by atoms with Crippen LogP contribution < -0.4 is 5.43 Å². The van der Waals surface area contributed by atoms with Gasteiger partial charge >= 0.3 is 0 Å². The van der Waals surface area contributed by atoms with Crippen molar-refractivity contribution in [2.24, 2.45) is 5.10 Å². The van der Waals surface area contributed by atoms with Crippen LogP contribution in [0.3, 0.4) is 0 Å². The molecule has 0 aliphatic rings. The Hall–Kier alpha value is -2.46. The van der Waals surface area contributed by atoms with Gasteiger partial charge in [0.05, 0.1) is 5.69 Å². The molecule has 0 saturated carbocycles. The third-order valence-corrected chi connectivity index (χ3v) is 3.47.